The number of aliphatic hydroxyl groups excluding tert-OH is 1. The number of rotatable bonds is 4. The largest absolute Gasteiger partial charge is 0.392 e. The average Bonchev–Trinajstić information content (AvgIpc) is 2.73. The van der Waals surface area contributed by atoms with Gasteiger partial charge in [-0.25, -0.2) is 4.98 Å². The Morgan fingerprint density at radius 3 is 2.89 bits per heavy atom. The number of imidazole rings is 1. The summed E-state index contributed by atoms with van der Waals surface area (Å²) in [6.07, 6.45) is 2.03. The molecule has 2 aromatic heterocycles. The number of aliphatic hydroxyl groups is 1. The maximum atomic E-state index is 12.2. The number of carbonyl (C=O) groups excluding carboxylic acids is 1. The zero-order chi connectivity index (χ0) is 14.0. The summed E-state index contributed by atoms with van der Waals surface area (Å²) < 4.78 is 1.81. The Bertz CT molecular complexity index is 602. The van der Waals surface area contributed by atoms with Crippen molar-refractivity contribution < 1.29 is 9.90 Å². The van der Waals surface area contributed by atoms with E-state index in [0.717, 1.165) is 16.9 Å². The fraction of sp³-hybridized carbons (Fsp3) is 0.429. The Kier molecular flexibility index (Phi) is 3.85. The number of hydrogen-bond donors (Lipinski definition) is 2. The highest BCUT2D eigenvalue weighted by molar-refractivity contribution is 5.94. The zero-order valence-corrected chi connectivity index (χ0v) is 11.5. The Hall–Kier alpha value is -1.88. The fourth-order valence-corrected chi connectivity index (χ4v) is 2.01. The van der Waals surface area contributed by atoms with E-state index in [2.05, 4.69) is 10.3 Å². The lowest BCUT2D eigenvalue weighted by Gasteiger charge is -2.08. The van der Waals surface area contributed by atoms with Crippen LogP contribution in [0, 0.1) is 6.92 Å². The van der Waals surface area contributed by atoms with E-state index < -0.39 is 6.10 Å². The molecule has 0 radical (unpaired) electrons. The molecule has 19 heavy (non-hydrogen) atoms. The van der Waals surface area contributed by atoms with Crippen molar-refractivity contribution in [2.45, 2.75) is 33.3 Å². The summed E-state index contributed by atoms with van der Waals surface area (Å²) in [5, 5.41) is 12.0. The second-order valence-electron chi connectivity index (χ2n) is 4.75. The highest BCUT2D eigenvalue weighted by Crippen LogP contribution is 2.14. The molecule has 1 atom stereocenters. The lowest BCUT2D eigenvalue weighted by molar-refractivity contribution is 0.0917. The third-order valence-corrected chi connectivity index (χ3v) is 2.95. The first-order valence-electron chi connectivity index (χ1n) is 6.46. The summed E-state index contributed by atoms with van der Waals surface area (Å²) in [6, 6.07) is 3.87. The van der Waals surface area contributed by atoms with Gasteiger partial charge in [-0.15, -0.1) is 0 Å². The van der Waals surface area contributed by atoms with Gasteiger partial charge in [-0.2, -0.15) is 0 Å². The van der Waals surface area contributed by atoms with Crippen LogP contribution in [0.25, 0.3) is 5.65 Å². The summed E-state index contributed by atoms with van der Waals surface area (Å²) >= 11 is 0. The van der Waals surface area contributed by atoms with Gasteiger partial charge in [0.15, 0.2) is 0 Å². The Morgan fingerprint density at radius 1 is 1.53 bits per heavy atom. The van der Waals surface area contributed by atoms with Crippen molar-refractivity contribution in [3.63, 3.8) is 0 Å². The predicted molar refractivity (Wildman–Crippen MR) is 73.3 cm³/mol. The van der Waals surface area contributed by atoms with Gasteiger partial charge in [0.2, 0.25) is 0 Å². The molecule has 0 saturated carbocycles. The van der Waals surface area contributed by atoms with E-state index in [1.807, 2.05) is 36.6 Å². The van der Waals surface area contributed by atoms with Gasteiger partial charge in [0, 0.05) is 12.7 Å². The van der Waals surface area contributed by atoms with Crippen LogP contribution in [-0.4, -0.2) is 33.0 Å². The first kappa shape index (κ1) is 13.5. The highest BCUT2D eigenvalue weighted by Gasteiger charge is 2.18. The van der Waals surface area contributed by atoms with Crippen LogP contribution in [-0.2, 0) is 6.42 Å². The van der Waals surface area contributed by atoms with Crippen molar-refractivity contribution >= 4 is 11.6 Å². The van der Waals surface area contributed by atoms with Gasteiger partial charge < -0.3 is 10.4 Å². The number of aryl methyl sites for hydroxylation is 2. The normalized spacial score (nSPS) is 12.6. The van der Waals surface area contributed by atoms with E-state index in [1.165, 1.54) is 0 Å². The minimum absolute atomic E-state index is 0.198. The molecule has 2 heterocycles. The molecule has 2 aromatic rings. The summed E-state index contributed by atoms with van der Waals surface area (Å²) in [5.74, 6) is -0.198. The summed E-state index contributed by atoms with van der Waals surface area (Å²) in [4.78, 5) is 16.7. The molecule has 0 saturated heterocycles. The first-order chi connectivity index (χ1) is 9.02. The number of amides is 1. The van der Waals surface area contributed by atoms with Gasteiger partial charge in [0.05, 0.1) is 11.8 Å². The smallest absolute Gasteiger partial charge is 0.270 e. The van der Waals surface area contributed by atoms with E-state index in [-0.39, 0.29) is 12.5 Å². The summed E-state index contributed by atoms with van der Waals surface area (Å²) in [7, 11) is 0. The summed E-state index contributed by atoms with van der Waals surface area (Å²) in [6.45, 7) is 5.82. The number of nitrogens with zero attached hydrogens (tertiary/aromatic N) is 2. The van der Waals surface area contributed by atoms with E-state index in [9.17, 15) is 9.90 Å². The van der Waals surface area contributed by atoms with Gasteiger partial charge in [0.25, 0.3) is 5.91 Å². The number of nitrogens with one attached hydrogen (secondary N) is 1. The van der Waals surface area contributed by atoms with Crippen LogP contribution in [0.15, 0.2) is 18.3 Å². The zero-order valence-electron chi connectivity index (χ0n) is 11.5. The quantitative estimate of drug-likeness (QED) is 0.872. The molecule has 2 N–H and O–H groups in total. The van der Waals surface area contributed by atoms with Crippen molar-refractivity contribution in [3.05, 3.63) is 35.3 Å². The molecule has 0 fully saturated rings. The molecular weight excluding hydrogens is 242 g/mol. The molecule has 0 aromatic carbocycles. The molecular formula is C14H19N3O2. The molecule has 0 aliphatic rings. The second kappa shape index (κ2) is 5.40. The van der Waals surface area contributed by atoms with Gasteiger partial charge >= 0.3 is 0 Å². The van der Waals surface area contributed by atoms with Crippen LogP contribution in [0.4, 0.5) is 0 Å². The maximum Gasteiger partial charge on any atom is 0.270 e. The summed E-state index contributed by atoms with van der Waals surface area (Å²) in [5.41, 5.74) is 3.16. The van der Waals surface area contributed by atoms with Gasteiger partial charge in [-0.1, -0.05) is 13.0 Å². The minimum atomic E-state index is -0.560. The fourth-order valence-electron chi connectivity index (χ4n) is 2.01. The molecule has 5 heteroatoms. The lowest BCUT2D eigenvalue weighted by Crippen LogP contribution is -2.32. The molecule has 0 aliphatic heterocycles. The molecule has 102 valence electrons. The Balaban J connectivity index is 2.44. The van der Waals surface area contributed by atoms with Crippen LogP contribution in [0.5, 0.6) is 0 Å². The Labute approximate surface area is 112 Å². The first-order valence-corrected chi connectivity index (χ1v) is 6.46. The topological polar surface area (TPSA) is 66.6 Å². The number of carbonyl (C=O) groups is 1. The van der Waals surface area contributed by atoms with E-state index in [0.29, 0.717) is 12.1 Å². The minimum Gasteiger partial charge on any atom is -0.392 e. The van der Waals surface area contributed by atoms with Crippen LogP contribution >= 0.6 is 0 Å². The molecule has 1 unspecified atom stereocenters. The monoisotopic (exact) mass is 261 g/mol. The van der Waals surface area contributed by atoms with Gasteiger partial charge in [0.1, 0.15) is 11.3 Å². The van der Waals surface area contributed by atoms with Crippen LogP contribution in [0.2, 0.25) is 0 Å². The van der Waals surface area contributed by atoms with Crippen molar-refractivity contribution in [1.29, 1.82) is 0 Å². The second-order valence-corrected chi connectivity index (χ2v) is 4.75. The SMILES string of the molecule is CCc1nc2ccc(C)cn2c1C(=O)NCC(C)O. The van der Waals surface area contributed by atoms with Crippen molar-refractivity contribution in [2.75, 3.05) is 6.54 Å². The molecule has 0 aliphatic carbocycles. The number of aromatic nitrogens is 2. The van der Waals surface area contributed by atoms with Crippen molar-refractivity contribution in [1.82, 2.24) is 14.7 Å². The lowest BCUT2D eigenvalue weighted by atomic mass is 10.2. The number of hydrogen-bond acceptors (Lipinski definition) is 3. The van der Waals surface area contributed by atoms with Gasteiger partial charge in [-0.3, -0.25) is 9.20 Å². The third kappa shape index (κ3) is 2.76. The molecule has 2 rings (SSSR count). The van der Waals surface area contributed by atoms with Gasteiger partial charge in [-0.05, 0) is 31.9 Å². The van der Waals surface area contributed by atoms with E-state index in [1.54, 1.807) is 6.92 Å². The van der Waals surface area contributed by atoms with Crippen molar-refractivity contribution in [2.24, 2.45) is 0 Å². The highest BCUT2D eigenvalue weighted by atomic mass is 16.3. The molecule has 0 bridgehead atoms. The molecule has 0 spiro atoms. The molecule has 1 amide bonds. The standard InChI is InChI=1S/C14H19N3O2/c1-4-11-13(14(19)15-7-10(3)18)17-8-9(2)5-6-12(17)16-11/h5-6,8,10,18H,4,7H2,1-3H3,(H,15,19). The van der Waals surface area contributed by atoms with Crippen LogP contribution < -0.4 is 5.32 Å². The number of pyridine rings is 1. The van der Waals surface area contributed by atoms with Crippen molar-refractivity contribution in [3.8, 4) is 0 Å². The predicted octanol–water partition coefficient (Wildman–Crippen LogP) is 1.32. The average molecular weight is 261 g/mol. The van der Waals surface area contributed by atoms with E-state index in [4.69, 9.17) is 0 Å². The molecule has 5 nitrogen and oxygen atoms in total. The van der Waals surface area contributed by atoms with Crippen LogP contribution in [0.1, 0.15) is 35.6 Å². The van der Waals surface area contributed by atoms with E-state index >= 15 is 0 Å². The Morgan fingerprint density at radius 2 is 2.26 bits per heavy atom. The van der Waals surface area contributed by atoms with Crippen LogP contribution in [0.3, 0.4) is 0 Å². The number of fused-ring (bicyclic) bond motifs is 1. The maximum absolute atomic E-state index is 12.2. The third-order valence-electron chi connectivity index (χ3n) is 2.95.